The van der Waals surface area contributed by atoms with Gasteiger partial charge < -0.3 is 15.1 Å². The fourth-order valence-electron chi connectivity index (χ4n) is 3.15. The summed E-state index contributed by atoms with van der Waals surface area (Å²) in [6.07, 6.45) is 2.41. The summed E-state index contributed by atoms with van der Waals surface area (Å²) in [7, 11) is 0. The van der Waals surface area contributed by atoms with Crippen LogP contribution in [0.4, 0.5) is 0 Å². The van der Waals surface area contributed by atoms with Crippen molar-refractivity contribution in [2.75, 3.05) is 26.2 Å². The molecule has 3 rings (SSSR count). The smallest absolute Gasteiger partial charge is 0.264 e. The van der Waals surface area contributed by atoms with Crippen LogP contribution in [0.15, 0.2) is 72.4 Å². The lowest BCUT2D eigenvalue weighted by molar-refractivity contribution is -0.120. The molecule has 1 N–H and O–H groups in total. The fraction of sp³-hybridized carbons (Fsp3) is 0.227. The van der Waals surface area contributed by atoms with Gasteiger partial charge >= 0.3 is 0 Å². The molecule has 28 heavy (non-hydrogen) atoms. The predicted molar refractivity (Wildman–Crippen MR) is 106 cm³/mol. The van der Waals surface area contributed by atoms with E-state index in [1.54, 1.807) is 11.1 Å². The van der Waals surface area contributed by atoms with Gasteiger partial charge in [-0.05, 0) is 11.1 Å². The number of carbonyl (C=O) groups excluding carboxylic acids is 2. The molecule has 0 unspecified atom stereocenters. The summed E-state index contributed by atoms with van der Waals surface area (Å²) in [5, 5.41) is 12.5. The lowest BCUT2D eigenvalue weighted by Crippen LogP contribution is -2.43. The van der Waals surface area contributed by atoms with E-state index in [-0.39, 0.29) is 11.6 Å². The Hall–Kier alpha value is -3.59. The molecule has 0 spiro atoms. The van der Waals surface area contributed by atoms with E-state index >= 15 is 0 Å². The van der Waals surface area contributed by atoms with Gasteiger partial charge in [-0.15, -0.1) is 0 Å². The summed E-state index contributed by atoms with van der Waals surface area (Å²) in [6.45, 7) is 2.35. The predicted octanol–water partition coefficient (Wildman–Crippen LogP) is 2.07. The molecule has 0 aliphatic carbocycles. The number of rotatable bonds is 6. The van der Waals surface area contributed by atoms with Gasteiger partial charge in [-0.3, -0.25) is 9.59 Å². The molecule has 1 heterocycles. The van der Waals surface area contributed by atoms with Gasteiger partial charge in [0.25, 0.3) is 5.91 Å². The first-order valence-electron chi connectivity index (χ1n) is 9.17. The van der Waals surface area contributed by atoms with Gasteiger partial charge in [0.15, 0.2) is 0 Å². The quantitative estimate of drug-likeness (QED) is 0.477. The van der Waals surface area contributed by atoms with E-state index in [0.717, 1.165) is 17.5 Å². The summed E-state index contributed by atoms with van der Waals surface area (Å²) in [6, 6.07) is 21.0. The van der Waals surface area contributed by atoms with E-state index in [9.17, 15) is 14.9 Å². The first-order chi connectivity index (χ1) is 13.7. The zero-order chi connectivity index (χ0) is 19.8. The molecule has 142 valence electrons. The highest BCUT2D eigenvalue weighted by Crippen LogP contribution is 2.22. The summed E-state index contributed by atoms with van der Waals surface area (Å²) in [5.41, 5.74) is 1.94. The average molecular weight is 374 g/mol. The molecule has 1 aliphatic heterocycles. The molecule has 0 radical (unpaired) electrons. The van der Waals surface area contributed by atoms with E-state index in [2.05, 4.69) is 5.32 Å². The fourth-order valence-corrected chi connectivity index (χ4v) is 3.15. The third-order valence-electron chi connectivity index (χ3n) is 4.72. The van der Waals surface area contributed by atoms with E-state index in [4.69, 9.17) is 0 Å². The molecule has 1 aliphatic rings. The minimum Gasteiger partial charge on any atom is -0.373 e. The molecular weight excluding hydrogens is 352 g/mol. The Morgan fingerprint density at radius 2 is 1.43 bits per heavy atom. The van der Waals surface area contributed by atoms with Crippen LogP contribution in [-0.2, 0) is 9.59 Å². The first-order valence-corrected chi connectivity index (χ1v) is 9.17. The second-order valence-corrected chi connectivity index (χ2v) is 6.56. The molecule has 2 amide bonds. The molecule has 2 aromatic carbocycles. The van der Waals surface area contributed by atoms with Crippen molar-refractivity contribution < 1.29 is 9.59 Å². The maximum Gasteiger partial charge on any atom is 0.264 e. The topological polar surface area (TPSA) is 76.4 Å². The van der Waals surface area contributed by atoms with E-state index in [1.165, 1.54) is 0 Å². The van der Waals surface area contributed by atoms with Crippen LogP contribution in [0.25, 0.3) is 0 Å². The number of benzene rings is 2. The minimum atomic E-state index is -0.418. The van der Waals surface area contributed by atoms with Gasteiger partial charge in [-0.25, -0.2) is 0 Å². The lowest BCUT2D eigenvalue weighted by Gasteiger charge is -2.31. The largest absolute Gasteiger partial charge is 0.373 e. The van der Waals surface area contributed by atoms with Gasteiger partial charge in [0, 0.05) is 32.4 Å². The number of nitrogens with zero attached hydrogens (tertiary/aromatic N) is 3. The van der Waals surface area contributed by atoms with Gasteiger partial charge in [-0.1, -0.05) is 60.7 Å². The van der Waals surface area contributed by atoms with Crippen LogP contribution in [0, 0.1) is 11.3 Å². The Morgan fingerprint density at radius 3 is 1.89 bits per heavy atom. The second-order valence-electron chi connectivity index (χ2n) is 6.56. The molecule has 0 saturated carbocycles. The molecule has 6 nitrogen and oxygen atoms in total. The zero-order valence-electron chi connectivity index (χ0n) is 15.5. The third kappa shape index (κ3) is 4.77. The first kappa shape index (κ1) is 19.2. The van der Waals surface area contributed by atoms with Gasteiger partial charge in [0.1, 0.15) is 11.6 Å². The standard InChI is InChI=1S/C22H22N4O2/c23-15-20(16-25-11-13-26(17-27)14-12-25)22(28)24-21(18-7-3-1-4-8-18)19-9-5-2-6-10-19/h1-10,16-17,21H,11-14H2,(H,24,28)/b20-16-. The highest BCUT2D eigenvalue weighted by atomic mass is 16.2. The van der Waals surface area contributed by atoms with E-state index in [1.807, 2.05) is 71.6 Å². The Bertz CT molecular complexity index is 827. The van der Waals surface area contributed by atoms with Crippen LogP contribution in [-0.4, -0.2) is 48.3 Å². The number of piperazine rings is 1. The summed E-state index contributed by atoms with van der Waals surface area (Å²) in [4.78, 5) is 27.2. The molecule has 6 heteroatoms. The van der Waals surface area contributed by atoms with Crippen molar-refractivity contribution in [3.63, 3.8) is 0 Å². The monoisotopic (exact) mass is 374 g/mol. The van der Waals surface area contributed by atoms with Crippen LogP contribution in [0.5, 0.6) is 0 Å². The van der Waals surface area contributed by atoms with Crippen molar-refractivity contribution >= 4 is 12.3 Å². The number of carbonyl (C=O) groups is 2. The zero-order valence-corrected chi connectivity index (χ0v) is 15.5. The number of hydrogen-bond donors (Lipinski definition) is 1. The number of hydrogen-bond acceptors (Lipinski definition) is 4. The molecule has 0 aromatic heterocycles. The van der Waals surface area contributed by atoms with Gasteiger partial charge in [-0.2, -0.15) is 5.26 Å². The molecular formula is C22H22N4O2. The summed E-state index contributed by atoms with van der Waals surface area (Å²) in [5.74, 6) is -0.418. The van der Waals surface area contributed by atoms with Crippen molar-refractivity contribution in [3.8, 4) is 6.07 Å². The Morgan fingerprint density at radius 1 is 0.929 bits per heavy atom. The van der Waals surface area contributed by atoms with Crippen molar-refractivity contribution in [2.24, 2.45) is 0 Å². The van der Waals surface area contributed by atoms with Crippen LogP contribution in [0.2, 0.25) is 0 Å². The van der Waals surface area contributed by atoms with Gasteiger partial charge in [0.2, 0.25) is 6.41 Å². The average Bonchev–Trinajstić information content (AvgIpc) is 2.77. The summed E-state index contributed by atoms with van der Waals surface area (Å²) < 4.78 is 0. The Kier molecular flexibility index (Phi) is 6.42. The number of nitriles is 1. The van der Waals surface area contributed by atoms with Crippen LogP contribution in [0.1, 0.15) is 17.2 Å². The highest BCUT2D eigenvalue weighted by Gasteiger charge is 2.21. The highest BCUT2D eigenvalue weighted by molar-refractivity contribution is 5.97. The molecule has 2 aromatic rings. The van der Waals surface area contributed by atoms with Crippen LogP contribution >= 0.6 is 0 Å². The third-order valence-corrected chi connectivity index (χ3v) is 4.72. The minimum absolute atomic E-state index is 0.0522. The Labute approximate surface area is 164 Å². The SMILES string of the molecule is N#C/C(=C/N1CCN(C=O)CC1)C(=O)NC(c1ccccc1)c1ccccc1. The number of amides is 2. The molecule has 0 atom stereocenters. The number of nitrogens with one attached hydrogen (secondary N) is 1. The van der Waals surface area contributed by atoms with Crippen molar-refractivity contribution in [2.45, 2.75) is 6.04 Å². The summed E-state index contributed by atoms with van der Waals surface area (Å²) >= 11 is 0. The lowest BCUT2D eigenvalue weighted by atomic mass is 9.98. The van der Waals surface area contributed by atoms with Crippen molar-refractivity contribution in [1.29, 1.82) is 5.26 Å². The van der Waals surface area contributed by atoms with E-state index in [0.29, 0.717) is 26.2 Å². The second kappa shape index (κ2) is 9.38. The maximum absolute atomic E-state index is 12.8. The maximum atomic E-state index is 12.8. The molecule has 0 bridgehead atoms. The molecule has 1 fully saturated rings. The van der Waals surface area contributed by atoms with Gasteiger partial charge in [0.05, 0.1) is 6.04 Å². The van der Waals surface area contributed by atoms with Crippen molar-refractivity contribution in [3.05, 3.63) is 83.6 Å². The van der Waals surface area contributed by atoms with E-state index < -0.39 is 5.91 Å². The normalized spacial score (nSPS) is 14.5. The molecule has 1 saturated heterocycles. The van der Waals surface area contributed by atoms with Crippen LogP contribution in [0.3, 0.4) is 0 Å². The van der Waals surface area contributed by atoms with Crippen LogP contribution < -0.4 is 5.32 Å². The van der Waals surface area contributed by atoms with Crippen molar-refractivity contribution in [1.82, 2.24) is 15.1 Å². The Balaban J connectivity index is 1.78.